The van der Waals surface area contributed by atoms with Crippen molar-refractivity contribution in [2.75, 3.05) is 27.7 Å². The fourth-order valence-corrected chi connectivity index (χ4v) is 2.55. The number of hydrogen-bond acceptors (Lipinski definition) is 2. The Morgan fingerprint density at radius 1 is 1.08 bits per heavy atom. The fourth-order valence-electron chi connectivity index (χ4n) is 2.55. The Morgan fingerprint density at radius 2 is 1.84 bits per heavy atom. The number of nitrogens with zero attached hydrogens (tertiary/aromatic N) is 2. The number of benzene rings is 2. The van der Waals surface area contributed by atoms with Gasteiger partial charge in [-0.2, -0.15) is 0 Å². The standard InChI is InChI=1S/C19H24F2N4/c1-22-19(23-12-15-7-4-5-10-17(15)21)24-13-18(25(2)3)14-8-6-9-16(20)11-14/h4-11,18H,12-13H2,1-3H3,(H2,22,23,24). The Hall–Kier alpha value is -2.47. The van der Waals surface area contributed by atoms with Gasteiger partial charge in [-0.1, -0.05) is 30.3 Å². The average Bonchev–Trinajstić information content (AvgIpc) is 2.59. The topological polar surface area (TPSA) is 39.7 Å². The summed E-state index contributed by atoms with van der Waals surface area (Å²) in [4.78, 5) is 6.16. The van der Waals surface area contributed by atoms with Gasteiger partial charge < -0.3 is 15.5 Å². The summed E-state index contributed by atoms with van der Waals surface area (Å²) in [7, 11) is 5.53. The van der Waals surface area contributed by atoms with Crippen molar-refractivity contribution in [3.05, 3.63) is 71.3 Å². The van der Waals surface area contributed by atoms with E-state index in [0.29, 0.717) is 24.6 Å². The molecule has 1 atom stereocenters. The van der Waals surface area contributed by atoms with Gasteiger partial charge in [-0.05, 0) is 37.9 Å². The molecule has 0 aromatic heterocycles. The van der Waals surface area contributed by atoms with E-state index in [1.807, 2.05) is 25.1 Å². The number of likely N-dealkylation sites (N-methyl/N-ethyl adjacent to an activating group) is 1. The predicted octanol–water partition coefficient (Wildman–Crippen LogP) is 2.93. The van der Waals surface area contributed by atoms with Gasteiger partial charge in [0, 0.05) is 25.7 Å². The highest BCUT2D eigenvalue weighted by Crippen LogP contribution is 2.18. The zero-order valence-electron chi connectivity index (χ0n) is 14.8. The third kappa shape index (κ3) is 5.53. The molecule has 0 aliphatic rings. The van der Waals surface area contributed by atoms with Gasteiger partial charge in [-0.15, -0.1) is 0 Å². The maximum absolute atomic E-state index is 13.7. The number of hydrogen-bond donors (Lipinski definition) is 2. The summed E-state index contributed by atoms with van der Waals surface area (Å²) in [5.41, 5.74) is 1.45. The fraction of sp³-hybridized carbons (Fsp3) is 0.316. The molecule has 0 fully saturated rings. The van der Waals surface area contributed by atoms with E-state index in [1.165, 1.54) is 18.2 Å². The molecule has 1 unspecified atom stereocenters. The molecule has 6 heteroatoms. The summed E-state index contributed by atoms with van der Waals surface area (Å²) in [6, 6.07) is 13.1. The quantitative estimate of drug-likeness (QED) is 0.624. The van der Waals surface area contributed by atoms with Crippen LogP contribution in [0.3, 0.4) is 0 Å². The molecule has 2 N–H and O–H groups in total. The third-order valence-electron chi connectivity index (χ3n) is 3.95. The number of guanidine groups is 1. The molecule has 0 saturated carbocycles. The first-order chi connectivity index (χ1) is 12.0. The summed E-state index contributed by atoms with van der Waals surface area (Å²) in [6.07, 6.45) is 0. The zero-order chi connectivity index (χ0) is 18.2. The van der Waals surface area contributed by atoms with Crippen LogP contribution in [0, 0.1) is 11.6 Å². The van der Waals surface area contributed by atoms with Crippen molar-refractivity contribution in [3.8, 4) is 0 Å². The molecular formula is C19H24F2N4. The molecule has 0 aliphatic carbocycles. The van der Waals surface area contributed by atoms with E-state index in [2.05, 4.69) is 15.6 Å². The molecule has 2 rings (SSSR count). The Kier molecular flexibility index (Phi) is 6.89. The largest absolute Gasteiger partial charge is 0.354 e. The first kappa shape index (κ1) is 18.9. The van der Waals surface area contributed by atoms with Crippen molar-refractivity contribution in [2.45, 2.75) is 12.6 Å². The van der Waals surface area contributed by atoms with Gasteiger partial charge >= 0.3 is 0 Å². The van der Waals surface area contributed by atoms with Crippen molar-refractivity contribution in [1.82, 2.24) is 15.5 Å². The lowest BCUT2D eigenvalue weighted by atomic mass is 10.1. The molecule has 0 bridgehead atoms. The van der Waals surface area contributed by atoms with Crippen LogP contribution in [0.5, 0.6) is 0 Å². The van der Waals surface area contributed by atoms with E-state index in [9.17, 15) is 8.78 Å². The van der Waals surface area contributed by atoms with Crippen LogP contribution in [-0.4, -0.2) is 38.5 Å². The van der Waals surface area contributed by atoms with Crippen LogP contribution >= 0.6 is 0 Å². The van der Waals surface area contributed by atoms with Crippen LogP contribution < -0.4 is 10.6 Å². The minimum Gasteiger partial charge on any atom is -0.354 e. The van der Waals surface area contributed by atoms with Crippen LogP contribution in [0.4, 0.5) is 8.78 Å². The van der Waals surface area contributed by atoms with E-state index in [-0.39, 0.29) is 17.7 Å². The lowest BCUT2D eigenvalue weighted by molar-refractivity contribution is 0.297. The zero-order valence-corrected chi connectivity index (χ0v) is 14.8. The minimum absolute atomic E-state index is 0.0253. The maximum atomic E-state index is 13.7. The first-order valence-electron chi connectivity index (χ1n) is 8.11. The van der Waals surface area contributed by atoms with E-state index in [0.717, 1.165) is 5.56 Å². The van der Waals surface area contributed by atoms with Crippen molar-refractivity contribution in [1.29, 1.82) is 0 Å². The van der Waals surface area contributed by atoms with Gasteiger partial charge in [0.15, 0.2) is 5.96 Å². The lowest BCUT2D eigenvalue weighted by Gasteiger charge is -2.26. The minimum atomic E-state index is -0.258. The molecule has 134 valence electrons. The van der Waals surface area contributed by atoms with E-state index >= 15 is 0 Å². The van der Waals surface area contributed by atoms with Gasteiger partial charge in [0.25, 0.3) is 0 Å². The third-order valence-corrected chi connectivity index (χ3v) is 3.95. The Bertz CT molecular complexity index is 716. The van der Waals surface area contributed by atoms with Crippen LogP contribution in [-0.2, 0) is 6.54 Å². The smallest absolute Gasteiger partial charge is 0.191 e. The van der Waals surface area contributed by atoms with Crippen LogP contribution in [0.2, 0.25) is 0 Å². The van der Waals surface area contributed by atoms with E-state index in [1.54, 1.807) is 31.3 Å². The second-order valence-corrected chi connectivity index (χ2v) is 5.93. The molecule has 0 saturated heterocycles. The van der Waals surface area contributed by atoms with Crippen molar-refractivity contribution in [3.63, 3.8) is 0 Å². The van der Waals surface area contributed by atoms with Gasteiger partial charge in [0.1, 0.15) is 11.6 Å². The highest BCUT2D eigenvalue weighted by Gasteiger charge is 2.15. The van der Waals surface area contributed by atoms with Crippen LogP contribution in [0.25, 0.3) is 0 Å². The summed E-state index contributed by atoms with van der Waals surface area (Å²) in [5, 5.41) is 6.30. The normalized spacial score (nSPS) is 13.0. The summed E-state index contributed by atoms with van der Waals surface area (Å²) in [6.45, 7) is 0.867. The van der Waals surface area contributed by atoms with E-state index < -0.39 is 0 Å². The van der Waals surface area contributed by atoms with Gasteiger partial charge in [-0.25, -0.2) is 8.78 Å². The Labute approximate surface area is 147 Å². The maximum Gasteiger partial charge on any atom is 0.191 e. The van der Waals surface area contributed by atoms with Gasteiger partial charge in [0.2, 0.25) is 0 Å². The van der Waals surface area contributed by atoms with Gasteiger partial charge in [0.05, 0.1) is 6.04 Å². The highest BCUT2D eigenvalue weighted by atomic mass is 19.1. The molecule has 25 heavy (non-hydrogen) atoms. The average molecular weight is 346 g/mol. The molecule has 0 heterocycles. The van der Waals surface area contributed by atoms with Crippen LogP contribution in [0.15, 0.2) is 53.5 Å². The summed E-state index contributed by atoms with van der Waals surface area (Å²) < 4.78 is 27.2. The van der Waals surface area contributed by atoms with Crippen molar-refractivity contribution in [2.24, 2.45) is 4.99 Å². The predicted molar refractivity (Wildman–Crippen MR) is 97.4 cm³/mol. The second-order valence-electron chi connectivity index (χ2n) is 5.93. The summed E-state index contributed by atoms with van der Waals surface area (Å²) in [5.74, 6) is 0.0503. The SMILES string of the molecule is CN=C(NCc1ccccc1F)NCC(c1cccc(F)c1)N(C)C. The van der Waals surface area contributed by atoms with Crippen LogP contribution in [0.1, 0.15) is 17.2 Å². The number of aliphatic imine (C=N–C) groups is 1. The molecule has 0 radical (unpaired) electrons. The molecule has 2 aromatic rings. The van der Waals surface area contributed by atoms with E-state index in [4.69, 9.17) is 0 Å². The van der Waals surface area contributed by atoms with Crippen molar-refractivity contribution >= 4 is 5.96 Å². The molecular weight excluding hydrogens is 322 g/mol. The molecule has 0 aliphatic heterocycles. The molecule has 0 spiro atoms. The second kappa shape index (κ2) is 9.13. The first-order valence-corrected chi connectivity index (χ1v) is 8.11. The van der Waals surface area contributed by atoms with Crippen molar-refractivity contribution < 1.29 is 8.78 Å². The number of halogens is 2. The lowest BCUT2D eigenvalue weighted by Crippen LogP contribution is -2.41. The number of rotatable bonds is 6. The number of nitrogens with one attached hydrogen (secondary N) is 2. The Morgan fingerprint density at radius 3 is 2.48 bits per heavy atom. The van der Waals surface area contributed by atoms with Gasteiger partial charge in [-0.3, -0.25) is 4.99 Å². The molecule has 0 amide bonds. The summed E-state index contributed by atoms with van der Waals surface area (Å²) >= 11 is 0. The molecule has 4 nitrogen and oxygen atoms in total. The Balaban J connectivity index is 1.97. The highest BCUT2D eigenvalue weighted by molar-refractivity contribution is 5.79. The monoisotopic (exact) mass is 346 g/mol. The molecule has 2 aromatic carbocycles.